The molecule has 2 aliphatic rings. The van der Waals surface area contributed by atoms with Gasteiger partial charge in [-0.2, -0.15) is 0 Å². The lowest BCUT2D eigenvalue weighted by molar-refractivity contribution is 0.0915. The Morgan fingerprint density at radius 2 is 2.30 bits per heavy atom. The Morgan fingerprint density at radius 1 is 1.39 bits per heavy atom. The summed E-state index contributed by atoms with van der Waals surface area (Å²) >= 11 is 0. The van der Waals surface area contributed by atoms with Crippen LogP contribution in [0.2, 0.25) is 0 Å². The SMILES string of the molecule is CCc1noc2ncc(C(=O)NC3CCN4CCCCC34)cc12. The molecule has 2 fully saturated rings. The van der Waals surface area contributed by atoms with Crippen LogP contribution in [0, 0.1) is 0 Å². The number of fused-ring (bicyclic) bond motifs is 2. The van der Waals surface area contributed by atoms with Gasteiger partial charge in [0, 0.05) is 24.8 Å². The van der Waals surface area contributed by atoms with Crippen molar-refractivity contribution in [1.29, 1.82) is 0 Å². The van der Waals surface area contributed by atoms with Crippen LogP contribution in [0.4, 0.5) is 0 Å². The Morgan fingerprint density at radius 3 is 3.17 bits per heavy atom. The van der Waals surface area contributed by atoms with Crippen LogP contribution in [0.3, 0.4) is 0 Å². The fourth-order valence-corrected chi connectivity index (χ4v) is 3.93. The Kier molecular flexibility index (Phi) is 3.77. The molecule has 1 amide bonds. The third kappa shape index (κ3) is 2.61. The maximum Gasteiger partial charge on any atom is 0.257 e. The number of rotatable bonds is 3. The summed E-state index contributed by atoms with van der Waals surface area (Å²) < 4.78 is 5.18. The normalized spacial score (nSPS) is 24.7. The maximum atomic E-state index is 12.6. The molecule has 2 aromatic rings. The molecular weight excluding hydrogens is 292 g/mol. The molecule has 0 spiro atoms. The third-order valence-electron chi connectivity index (χ3n) is 5.17. The van der Waals surface area contributed by atoms with Crippen molar-refractivity contribution in [2.24, 2.45) is 0 Å². The van der Waals surface area contributed by atoms with Gasteiger partial charge in [0.2, 0.25) is 0 Å². The number of nitrogens with zero attached hydrogens (tertiary/aromatic N) is 3. The number of nitrogens with one attached hydrogen (secondary N) is 1. The van der Waals surface area contributed by atoms with E-state index >= 15 is 0 Å². The largest absolute Gasteiger partial charge is 0.348 e. The quantitative estimate of drug-likeness (QED) is 0.940. The van der Waals surface area contributed by atoms with Crippen LogP contribution in [0.1, 0.15) is 48.7 Å². The molecule has 0 saturated carbocycles. The zero-order valence-electron chi connectivity index (χ0n) is 13.4. The van der Waals surface area contributed by atoms with Crippen molar-refractivity contribution in [2.45, 2.75) is 51.1 Å². The van der Waals surface area contributed by atoms with Gasteiger partial charge >= 0.3 is 0 Å². The Balaban J connectivity index is 1.52. The van der Waals surface area contributed by atoms with Gasteiger partial charge in [-0.1, -0.05) is 18.5 Å². The number of pyridine rings is 1. The van der Waals surface area contributed by atoms with E-state index in [4.69, 9.17) is 4.52 Å². The molecule has 2 atom stereocenters. The summed E-state index contributed by atoms with van der Waals surface area (Å²) in [5.41, 5.74) is 1.93. The molecule has 0 aliphatic carbocycles. The summed E-state index contributed by atoms with van der Waals surface area (Å²) in [6, 6.07) is 2.61. The van der Waals surface area contributed by atoms with E-state index < -0.39 is 0 Å². The number of aromatic nitrogens is 2. The zero-order valence-corrected chi connectivity index (χ0v) is 13.4. The summed E-state index contributed by atoms with van der Waals surface area (Å²) in [6.45, 7) is 4.28. The topological polar surface area (TPSA) is 71.3 Å². The minimum atomic E-state index is -0.0416. The van der Waals surface area contributed by atoms with Crippen LogP contribution >= 0.6 is 0 Å². The number of hydrogen-bond donors (Lipinski definition) is 1. The second kappa shape index (κ2) is 5.92. The highest BCUT2D eigenvalue weighted by Crippen LogP contribution is 2.27. The van der Waals surface area contributed by atoms with Crippen LogP contribution in [-0.2, 0) is 6.42 Å². The van der Waals surface area contributed by atoms with Crippen molar-refractivity contribution in [3.8, 4) is 0 Å². The van der Waals surface area contributed by atoms with E-state index in [1.807, 2.05) is 13.0 Å². The number of piperidine rings is 1. The number of carbonyl (C=O) groups is 1. The molecule has 6 heteroatoms. The van der Waals surface area contributed by atoms with E-state index in [1.54, 1.807) is 6.20 Å². The first-order chi connectivity index (χ1) is 11.3. The molecule has 1 N–H and O–H groups in total. The van der Waals surface area contributed by atoms with E-state index in [1.165, 1.54) is 25.8 Å². The molecule has 122 valence electrons. The number of carbonyl (C=O) groups excluding carboxylic acids is 1. The van der Waals surface area contributed by atoms with Crippen LogP contribution in [-0.4, -0.2) is 46.1 Å². The van der Waals surface area contributed by atoms with E-state index in [0.29, 0.717) is 17.3 Å². The summed E-state index contributed by atoms with van der Waals surface area (Å²) in [5.74, 6) is -0.0416. The average molecular weight is 314 g/mol. The van der Waals surface area contributed by atoms with Crippen molar-refractivity contribution in [3.63, 3.8) is 0 Å². The van der Waals surface area contributed by atoms with Gasteiger partial charge in [0.1, 0.15) is 0 Å². The first kappa shape index (κ1) is 14.6. The van der Waals surface area contributed by atoms with Crippen molar-refractivity contribution >= 4 is 17.0 Å². The van der Waals surface area contributed by atoms with Gasteiger partial charge in [-0.05, 0) is 38.3 Å². The van der Waals surface area contributed by atoms with Crippen LogP contribution in [0.25, 0.3) is 11.1 Å². The van der Waals surface area contributed by atoms with Crippen molar-refractivity contribution in [2.75, 3.05) is 13.1 Å². The van der Waals surface area contributed by atoms with E-state index in [2.05, 4.69) is 20.4 Å². The Bertz CT molecular complexity index is 726. The highest BCUT2D eigenvalue weighted by atomic mass is 16.5. The lowest BCUT2D eigenvalue weighted by Gasteiger charge is -2.32. The first-order valence-electron chi connectivity index (χ1n) is 8.55. The van der Waals surface area contributed by atoms with Crippen molar-refractivity contribution in [3.05, 3.63) is 23.5 Å². The summed E-state index contributed by atoms with van der Waals surface area (Å²) in [5, 5.41) is 8.05. The predicted octanol–water partition coefficient (Wildman–Crippen LogP) is 2.14. The lowest BCUT2D eigenvalue weighted by atomic mass is 9.99. The van der Waals surface area contributed by atoms with E-state index in [0.717, 1.165) is 30.5 Å². The Hall–Kier alpha value is -1.95. The number of amides is 1. The number of hydrogen-bond acceptors (Lipinski definition) is 5. The zero-order chi connectivity index (χ0) is 15.8. The smallest absolute Gasteiger partial charge is 0.257 e. The molecule has 2 aliphatic heterocycles. The average Bonchev–Trinajstić information content (AvgIpc) is 3.18. The highest BCUT2D eigenvalue weighted by Gasteiger charge is 2.36. The van der Waals surface area contributed by atoms with Gasteiger partial charge in [0.05, 0.1) is 16.6 Å². The maximum absolute atomic E-state index is 12.6. The molecule has 2 unspecified atom stereocenters. The molecule has 2 aromatic heterocycles. The van der Waals surface area contributed by atoms with E-state index in [9.17, 15) is 4.79 Å². The van der Waals surface area contributed by atoms with Gasteiger partial charge < -0.3 is 9.84 Å². The third-order valence-corrected chi connectivity index (χ3v) is 5.17. The molecule has 0 bridgehead atoms. The van der Waals surface area contributed by atoms with Gasteiger partial charge in [-0.25, -0.2) is 4.98 Å². The molecule has 4 rings (SSSR count). The molecule has 0 aromatic carbocycles. The second-order valence-corrected chi connectivity index (χ2v) is 6.53. The molecule has 6 nitrogen and oxygen atoms in total. The first-order valence-corrected chi connectivity index (χ1v) is 8.55. The van der Waals surface area contributed by atoms with Gasteiger partial charge in [0.25, 0.3) is 11.6 Å². The molecule has 2 saturated heterocycles. The fraction of sp³-hybridized carbons (Fsp3) is 0.588. The van der Waals surface area contributed by atoms with Gasteiger partial charge in [0.15, 0.2) is 0 Å². The van der Waals surface area contributed by atoms with Crippen molar-refractivity contribution in [1.82, 2.24) is 20.4 Å². The minimum absolute atomic E-state index is 0.0416. The van der Waals surface area contributed by atoms with Gasteiger partial charge in [-0.15, -0.1) is 0 Å². The fourth-order valence-electron chi connectivity index (χ4n) is 3.93. The van der Waals surface area contributed by atoms with Crippen LogP contribution in [0.15, 0.2) is 16.8 Å². The molecular formula is C17H22N4O2. The van der Waals surface area contributed by atoms with Crippen LogP contribution < -0.4 is 5.32 Å². The van der Waals surface area contributed by atoms with Crippen molar-refractivity contribution < 1.29 is 9.32 Å². The molecule has 23 heavy (non-hydrogen) atoms. The Labute approximate surface area is 135 Å². The minimum Gasteiger partial charge on any atom is -0.348 e. The summed E-state index contributed by atoms with van der Waals surface area (Å²) in [7, 11) is 0. The van der Waals surface area contributed by atoms with Crippen LogP contribution in [0.5, 0.6) is 0 Å². The van der Waals surface area contributed by atoms with E-state index in [-0.39, 0.29) is 11.9 Å². The second-order valence-electron chi connectivity index (χ2n) is 6.53. The molecule has 4 heterocycles. The van der Waals surface area contributed by atoms with Gasteiger partial charge in [-0.3, -0.25) is 9.69 Å². The summed E-state index contributed by atoms with van der Waals surface area (Å²) in [4.78, 5) is 19.4. The summed E-state index contributed by atoms with van der Waals surface area (Å²) in [6.07, 6.45) is 7.12. The number of aryl methyl sites for hydroxylation is 1. The standard InChI is InChI=1S/C17H22N4O2/c1-2-13-12-9-11(10-18-17(12)23-20-13)16(22)19-14-6-8-21-7-4-3-5-15(14)21/h9-10,14-15H,2-8H2,1H3,(H,19,22). The monoisotopic (exact) mass is 314 g/mol. The lowest BCUT2D eigenvalue weighted by Crippen LogP contribution is -2.46. The predicted molar refractivity (Wildman–Crippen MR) is 86.3 cm³/mol. The highest BCUT2D eigenvalue weighted by molar-refractivity contribution is 5.97. The molecule has 0 radical (unpaired) electrons.